The van der Waals surface area contributed by atoms with Crippen molar-refractivity contribution in [2.24, 2.45) is 11.3 Å². The minimum atomic E-state index is -0.148. The Bertz CT molecular complexity index is 1490. The number of thioether (sulfide) groups is 1. The lowest BCUT2D eigenvalue weighted by atomic mass is 9.72. The second kappa shape index (κ2) is 10.3. The van der Waals surface area contributed by atoms with E-state index in [4.69, 9.17) is 9.72 Å². The van der Waals surface area contributed by atoms with Crippen LogP contribution in [0.3, 0.4) is 0 Å². The number of benzene rings is 2. The van der Waals surface area contributed by atoms with Gasteiger partial charge >= 0.3 is 0 Å². The number of carbonyl (C=O) groups excluding carboxylic acids is 1. The molecule has 0 spiro atoms. The first-order valence-corrected chi connectivity index (χ1v) is 14.2. The number of nitrogens with one attached hydrogen (secondary N) is 1. The van der Waals surface area contributed by atoms with Crippen LogP contribution in [0, 0.1) is 11.3 Å². The number of aromatic nitrogens is 2. The maximum Gasteiger partial charge on any atom is 0.267 e. The number of fused-ring (bicyclic) bond motifs is 3. The highest BCUT2D eigenvalue weighted by Crippen LogP contribution is 2.42. The van der Waals surface area contributed by atoms with Crippen LogP contribution in [0.2, 0.25) is 0 Å². The highest BCUT2D eigenvalue weighted by atomic mass is 32.2. The van der Waals surface area contributed by atoms with Crippen molar-refractivity contribution in [3.8, 4) is 11.4 Å². The summed E-state index contributed by atoms with van der Waals surface area (Å²) in [6, 6.07) is 16.7. The van der Waals surface area contributed by atoms with Crippen molar-refractivity contribution >= 4 is 44.9 Å². The maximum atomic E-state index is 14.0. The van der Waals surface area contributed by atoms with E-state index in [-0.39, 0.29) is 22.6 Å². The van der Waals surface area contributed by atoms with Crippen molar-refractivity contribution in [2.75, 3.05) is 18.2 Å². The minimum Gasteiger partial charge on any atom is -0.497 e. The third kappa shape index (κ3) is 5.31. The van der Waals surface area contributed by atoms with Crippen molar-refractivity contribution in [1.82, 2.24) is 9.55 Å². The lowest BCUT2D eigenvalue weighted by molar-refractivity contribution is -0.113. The van der Waals surface area contributed by atoms with Gasteiger partial charge in [0, 0.05) is 10.6 Å². The van der Waals surface area contributed by atoms with Crippen LogP contribution in [0.15, 0.2) is 64.5 Å². The molecular formula is C29H31N3O3S2. The lowest BCUT2D eigenvalue weighted by Gasteiger charge is -2.33. The fraction of sp³-hybridized carbons (Fsp3) is 0.345. The highest BCUT2D eigenvalue weighted by molar-refractivity contribution is 7.99. The first-order valence-electron chi connectivity index (χ1n) is 12.4. The topological polar surface area (TPSA) is 73.2 Å². The van der Waals surface area contributed by atoms with Gasteiger partial charge in [-0.05, 0) is 72.6 Å². The number of carbonyl (C=O) groups is 1. The molecule has 37 heavy (non-hydrogen) atoms. The zero-order valence-electron chi connectivity index (χ0n) is 21.5. The molecule has 0 aliphatic heterocycles. The molecule has 8 heteroatoms. The van der Waals surface area contributed by atoms with Gasteiger partial charge < -0.3 is 10.1 Å². The van der Waals surface area contributed by atoms with Gasteiger partial charge in [-0.15, -0.1) is 11.3 Å². The molecule has 2 aromatic heterocycles. The summed E-state index contributed by atoms with van der Waals surface area (Å²) < 4.78 is 6.96. The number of nitrogens with zero attached hydrogens (tertiary/aromatic N) is 2. The first-order chi connectivity index (χ1) is 17.7. The van der Waals surface area contributed by atoms with E-state index in [1.165, 1.54) is 16.6 Å². The van der Waals surface area contributed by atoms with Gasteiger partial charge in [-0.1, -0.05) is 50.7 Å². The minimum absolute atomic E-state index is 0.0761. The standard InChI is InChI=1S/C29H31N3O3S2/c1-29(2,3)18-10-15-22-23(16-18)37-26-25(22)27(34)32(20-11-13-21(35-4)14-12-20)28(31-26)36-17-24(33)30-19-8-6-5-7-9-19/h5-9,11-14,18H,10,15-17H2,1-4H3,(H,30,33). The predicted molar refractivity (Wildman–Crippen MR) is 153 cm³/mol. The third-order valence-electron chi connectivity index (χ3n) is 7.00. The molecule has 192 valence electrons. The number of hydrogen-bond acceptors (Lipinski definition) is 6. The molecule has 1 unspecified atom stereocenters. The Balaban J connectivity index is 1.54. The Labute approximate surface area is 225 Å². The molecule has 0 radical (unpaired) electrons. The quantitative estimate of drug-likeness (QED) is 0.231. The zero-order chi connectivity index (χ0) is 26.2. The molecule has 0 saturated heterocycles. The molecule has 1 aliphatic carbocycles. The van der Waals surface area contributed by atoms with Gasteiger partial charge in [0.1, 0.15) is 10.6 Å². The molecule has 0 bridgehead atoms. The van der Waals surface area contributed by atoms with Crippen LogP contribution in [-0.4, -0.2) is 28.3 Å². The van der Waals surface area contributed by atoms with Gasteiger partial charge in [-0.25, -0.2) is 4.98 Å². The fourth-order valence-corrected chi connectivity index (χ4v) is 7.00. The van der Waals surface area contributed by atoms with E-state index in [0.717, 1.165) is 40.7 Å². The van der Waals surface area contributed by atoms with Gasteiger partial charge in [0.2, 0.25) is 5.91 Å². The Hall–Kier alpha value is -3.10. The predicted octanol–water partition coefficient (Wildman–Crippen LogP) is 6.34. The van der Waals surface area contributed by atoms with Crippen LogP contribution in [0.25, 0.3) is 15.9 Å². The monoisotopic (exact) mass is 533 g/mol. The number of thiophene rings is 1. The van der Waals surface area contributed by atoms with Crippen molar-refractivity contribution in [1.29, 1.82) is 0 Å². The Kier molecular flexibility index (Phi) is 7.14. The average molecular weight is 534 g/mol. The molecule has 2 heterocycles. The van der Waals surface area contributed by atoms with Crippen molar-refractivity contribution < 1.29 is 9.53 Å². The number of methoxy groups -OCH3 is 1. The molecule has 6 nitrogen and oxygen atoms in total. The normalized spacial score (nSPS) is 15.4. The number of aryl methyl sites for hydroxylation is 1. The van der Waals surface area contributed by atoms with E-state index in [0.29, 0.717) is 22.5 Å². The van der Waals surface area contributed by atoms with Crippen LogP contribution in [0.4, 0.5) is 5.69 Å². The Morgan fingerprint density at radius 1 is 1.16 bits per heavy atom. The van der Waals surface area contributed by atoms with E-state index < -0.39 is 0 Å². The van der Waals surface area contributed by atoms with Crippen LogP contribution in [0.5, 0.6) is 5.75 Å². The van der Waals surface area contributed by atoms with Crippen LogP contribution >= 0.6 is 23.1 Å². The van der Waals surface area contributed by atoms with Gasteiger partial charge in [-0.3, -0.25) is 14.2 Å². The van der Waals surface area contributed by atoms with Crippen molar-refractivity contribution in [3.63, 3.8) is 0 Å². The van der Waals surface area contributed by atoms with Crippen LogP contribution < -0.4 is 15.6 Å². The third-order valence-corrected chi connectivity index (χ3v) is 9.08. The molecule has 0 saturated carbocycles. The number of rotatable bonds is 6. The fourth-order valence-electron chi connectivity index (χ4n) is 4.85. The molecule has 2 aromatic carbocycles. The molecule has 1 amide bonds. The molecule has 0 fully saturated rings. The van der Waals surface area contributed by atoms with E-state index in [1.54, 1.807) is 23.0 Å². The summed E-state index contributed by atoms with van der Waals surface area (Å²) in [5.41, 5.74) is 2.74. The summed E-state index contributed by atoms with van der Waals surface area (Å²) in [5.74, 6) is 1.28. The molecule has 5 rings (SSSR count). The first kappa shape index (κ1) is 25.5. The number of hydrogen-bond donors (Lipinski definition) is 1. The van der Waals surface area contributed by atoms with Crippen LogP contribution in [-0.2, 0) is 17.6 Å². The smallest absolute Gasteiger partial charge is 0.267 e. The number of anilines is 1. The second-order valence-electron chi connectivity index (χ2n) is 10.4. The largest absolute Gasteiger partial charge is 0.497 e. The van der Waals surface area contributed by atoms with E-state index in [1.807, 2.05) is 54.6 Å². The SMILES string of the molecule is COc1ccc(-n2c(SCC(=O)Nc3ccccc3)nc3sc4c(c3c2=O)CCC(C(C)(C)C)C4)cc1. The average Bonchev–Trinajstić information content (AvgIpc) is 3.26. The molecule has 1 N–H and O–H groups in total. The summed E-state index contributed by atoms with van der Waals surface area (Å²) >= 11 is 2.91. The summed E-state index contributed by atoms with van der Waals surface area (Å²) in [4.78, 5) is 33.7. The molecule has 4 aromatic rings. The summed E-state index contributed by atoms with van der Waals surface area (Å²) in [7, 11) is 1.61. The molecule has 1 atom stereocenters. The van der Waals surface area contributed by atoms with E-state index in [2.05, 4.69) is 26.1 Å². The van der Waals surface area contributed by atoms with Gasteiger partial charge in [0.25, 0.3) is 5.56 Å². The summed E-state index contributed by atoms with van der Waals surface area (Å²) in [6.45, 7) is 6.88. The van der Waals surface area contributed by atoms with Crippen molar-refractivity contribution in [3.05, 3.63) is 75.4 Å². The van der Waals surface area contributed by atoms with Gasteiger partial charge in [0.05, 0.1) is 23.9 Å². The zero-order valence-corrected chi connectivity index (χ0v) is 23.2. The summed E-state index contributed by atoms with van der Waals surface area (Å²) in [5, 5.41) is 4.14. The van der Waals surface area contributed by atoms with Gasteiger partial charge in [-0.2, -0.15) is 0 Å². The number of para-hydroxylation sites is 1. The highest BCUT2D eigenvalue weighted by Gasteiger charge is 2.32. The van der Waals surface area contributed by atoms with Crippen LogP contribution in [0.1, 0.15) is 37.6 Å². The molecule has 1 aliphatic rings. The maximum absolute atomic E-state index is 14.0. The van der Waals surface area contributed by atoms with E-state index in [9.17, 15) is 9.59 Å². The van der Waals surface area contributed by atoms with Gasteiger partial charge in [0.15, 0.2) is 5.16 Å². The molecular weight excluding hydrogens is 502 g/mol. The number of ether oxygens (including phenoxy) is 1. The van der Waals surface area contributed by atoms with Crippen molar-refractivity contribution in [2.45, 2.75) is 45.2 Å². The van der Waals surface area contributed by atoms with E-state index >= 15 is 0 Å². The lowest BCUT2D eigenvalue weighted by Crippen LogP contribution is -2.27. The Morgan fingerprint density at radius 3 is 2.57 bits per heavy atom. The number of amides is 1. The second-order valence-corrected chi connectivity index (χ2v) is 12.5. The Morgan fingerprint density at radius 2 is 1.89 bits per heavy atom. The summed E-state index contributed by atoms with van der Waals surface area (Å²) in [6.07, 6.45) is 2.94.